The highest BCUT2D eigenvalue weighted by atomic mass is 16.5. The highest BCUT2D eigenvalue weighted by Crippen LogP contribution is 2.43. The molecule has 1 unspecified atom stereocenters. The molecule has 0 aliphatic carbocycles. The SMILES string of the molecule is COc1ccc(C2Nc3ccccc3-c3ncnn4ccc2c34)c(O)c1. The van der Waals surface area contributed by atoms with Gasteiger partial charge in [-0.15, -0.1) is 0 Å². The summed E-state index contributed by atoms with van der Waals surface area (Å²) in [6.45, 7) is 0. The Balaban J connectivity index is 1.80. The number of methoxy groups -OCH3 is 1. The summed E-state index contributed by atoms with van der Waals surface area (Å²) < 4.78 is 7.04. The van der Waals surface area contributed by atoms with Crippen molar-refractivity contribution in [2.45, 2.75) is 6.04 Å². The fourth-order valence-corrected chi connectivity index (χ4v) is 3.60. The molecule has 0 spiro atoms. The van der Waals surface area contributed by atoms with Gasteiger partial charge in [-0.25, -0.2) is 9.50 Å². The van der Waals surface area contributed by atoms with Crippen LogP contribution < -0.4 is 10.1 Å². The molecule has 1 aliphatic rings. The van der Waals surface area contributed by atoms with Crippen molar-refractivity contribution in [2.75, 3.05) is 12.4 Å². The largest absolute Gasteiger partial charge is 0.507 e. The normalized spacial score (nSPS) is 15.2. The number of aromatic hydroxyl groups is 1. The molecule has 2 aromatic heterocycles. The number of benzene rings is 2. The summed E-state index contributed by atoms with van der Waals surface area (Å²) in [6, 6.07) is 15.2. The number of fused-ring (bicyclic) bond motifs is 2. The first-order valence-corrected chi connectivity index (χ1v) is 8.31. The van der Waals surface area contributed by atoms with Gasteiger partial charge in [-0.3, -0.25) is 0 Å². The molecule has 0 fully saturated rings. The first kappa shape index (κ1) is 14.8. The van der Waals surface area contributed by atoms with Crippen LogP contribution in [0.2, 0.25) is 0 Å². The van der Waals surface area contributed by atoms with Gasteiger partial charge < -0.3 is 15.2 Å². The Kier molecular flexibility index (Phi) is 3.12. The van der Waals surface area contributed by atoms with Gasteiger partial charge in [-0.2, -0.15) is 5.10 Å². The van der Waals surface area contributed by atoms with Crippen molar-refractivity contribution in [3.05, 3.63) is 72.2 Å². The lowest BCUT2D eigenvalue weighted by Gasteiger charge is -2.20. The number of phenols is 1. The summed E-state index contributed by atoms with van der Waals surface area (Å²) in [5.41, 5.74) is 5.56. The molecule has 128 valence electrons. The molecule has 2 aromatic carbocycles. The molecule has 0 amide bonds. The van der Waals surface area contributed by atoms with E-state index >= 15 is 0 Å². The summed E-state index contributed by atoms with van der Waals surface area (Å²) in [4.78, 5) is 4.53. The topological polar surface area (TPSA) is 71.7 Å². The number of ether oxygens (including phenoxy) is 1. The van der Waals surface area contributed by atoms with E-state index in [1.54, 1.807) is 19.5 Å². The van der Waals surface area contributed by atoms with Gasteiger partial charge in [0.05, 0.1) is 18.7 Å². The predicted octanol–water partition coefficient (Wildman–Crippen LogP) is 3.63. The summed E-state index contributed by atoms with van der Waals surface area (Å²) in [5, 5.41) is 18.5. The molecule has 4 aromatic rings. The number of aromatic nitrogens is 3. The van der Waals surface area contributed by atoms with E-state index in [1.807, 2.05) is 53.2 Å². The second-order valence-electron chi connectivity index (χ2n) is 6.22. The predicted molar refractivity (Wildman–Crippen MR) is 98.5 cm³/mol. The molecule has 5 rings (SSSR count). The minimum absolute atomic E-state index is 0.180. The fourth-order valence-electron chi connectivity index (χ4n) is 3.60. The van der Waals surface area contributed by atoms with Gasteiger partial charge in [0.1, 0.15) is 23.5 Å². The summed E-state index contributed by atoms with van der Waals surface area (Å²) in [7, 11) is 1.58. The van der Waals surface area contributed by atoms with Crippen LogP contribution in [0.4, 0.5) is 5.69 Å². The van der Waals surface area contributed by atoms with Crippen LogP contribution >= 0.6 is 0 Å². The molecule has 0 bridgehead atoms. The van der Waals surface area contributed by atoms with E-state index < -0.39 is 0 Å². The molecule has 1 atom stereocenters. The molecule has 1 aliphatic heterocycles. The van der Waals surface area contributed by atoms with Crippen LogP contribution in [0.5, 0.6) is 11.5 Å². The fraction of sp³-hybridized carbons (Fsp3) is 0.100. The van der Waals surface area contributed by atoms with E-state index in [2.05, 4.69) is 15.4 Å². The molecular weight excluding hydrogens is 328 g/mol. The van der Waals surface area contributed by atoms with Crippen LogP contribution in [0, 0.1) is 0 Å². The van der Waals surface area contributed by atoms with Crippen molar-refractivity contribution in [1.29, 1.82) is 0 Å². The molecule has 6 heteroatoms. The van der Waals surface area contributed by atoms with Crippen LogP contribution in [-0.4, -0.2) is 26.8 Å². The van der Waals surface area contributed by atoms with Gasteiger partial charge in [-0.1, -0.05) is 18.2 Å². The molecule has 0 saturated heterocycles. The van der Waals surface area contributed by atoms with E-state index in [9.17, 15) is 5.11 Å². The lowest BCUT2D eigenvalue weighted by molar-refractivity contribution is 0.406. The maximum absolute atomic E-state index is 10.6. The maximum atomic E-state index is 10.6. The lowest BCUT2D eigenvalue weighted by Crippen LogP contribution is -2.11. The van der Waals surface area contributed by atoms with Crippen LogP contribution in [-0.2, 0) is 0 Å². The molecule has 6 nitrogen and oxygen atoms in total. The van der Waals surface area contributed by atoms with E-state index in [-0.39, 0.29) is 11.8 Å². The quantitative estimate of drug-likeness (QED) is 0.581. The molecular formula is C20H16N4O2. The van der Waals surface area contributed by atoms with Crippen molar-refractivity contribution < 1.29 is 9.84 Å². The molecule has 26 heavy (non-hydrogen) atoms. The monoisotopic (exact) mass is 344 g/mol. The van der Waals surface area contributed by atoms with Crippen molar-refractivity contribution in [1.82, 2.24) is 14.6 Å². The number of hydrogen-bond donors (Lipinski definition) is 2. The minimum atomic E-state index is -0.237. The minimum Gasteiger partial charge on any atom is -0.507 e. The summed E-state index contributed by atoms with van der Waals surface area (Å²) in [6.07, 6.45) is 3.48. The number of nitrogens with one attached hydrogen (secondary N) is 1. The number of anilines is 1. The zero-order valence-electron chi connectivity index (χ0n) is 14.0. The van der Waals surface area contributed by atoms with Crippen LogP contribution in [0.25, 0.3) is 16.8 Å². The highest BCUT2D eigenvalue weighted by Gasteiger charge is 2.28. The summed E-state index contributed by atoms with van der Waals surface area (Å²) >= 11 is 0. The van der Waals surface area contributed by atoms with Gasteiger partial charge in [0.25, 0.3) is 0 Å². The van der Waals surface area contributed by atoms with Gasteiger partial charge in [0, 0.05) is 34.6 Å². The average Bonchev–Trinajstić information content (AvgIpc) is 3.04. The first-order chi connectivity index (χ1) is 12.8. The zero-order valence-corrected chi connectivity index (χ0v) is 14.0. The third-order valence-corrected chi connectivity index (χ3v) is 4.83. The molecule has 0 saturated carbocycles. The Labute approximate surface area is 149 Å². The van der Waals surface area contributed by atoms with E-state index in [0.29, 0.717) is 5.75 Å². The van der Waals surface area contributed by atoms with Crippen molar-refractivity contribution in [2.24, 2.45) is 0 Å². The van der Waals surface area contributed by atoms with E-state index in [4.69, 9.17) is 4.74 Å². The third kappa shape index (κ3) is 2.05. The van der Waals surface area contributed by atoms with Crippen molar-refractivity contribution >= 4 is 11.2 Å². The molecule has 3 heterocycles. The number of hydrogen-bond acceptors (Lipinski definition) is 5. The Bertz CT molecular complexity index is 1140. The first-order valence-electron chi connectivity index (χ1n) is 8.31. The zero-order chi connectivity index (χ0) is 17.7. The third-order valence-electron chi connectivity index (χ3n) is 4.83. The average molecular weight is 344 g/mol. The Morgan fingerprint density at radius 2 is 2.00 bits per heavy atom. The molecule has 2 N–H and O–H groups in total. The number of rotatable bonds is 2. The molecule has 0 radical (unpaired) electrons. The van der Waals surface area contributed by atoms with Gasteiger partial charge in [0.2, 0.25) is 0 Å². The smallest absolute Gasteiger partial charge is 0.137 e. The number of phenolic OH excluding ortho intramolecular Hbond substituents is 1. The lowest BCUT2D eigenvalue weighted by atomic mass is 9.98. The van der Waals surface area contributed by atoms with Gasteiger partial charge in [0.15, 0.2) is 0 Å². The standard InChI is InChI=1S/C20H16N4O2/c1-26-12-6-7-14(17(25)10-12)18-15-8-9-24-20(15)19(21-11-22-24)13-4-2-3-5-16(13)23-18/h2-11,18,23,25H,1H3. The number of para-hydroxylation sites is 1. The van der Waals surface area contributed by atoms with Crippen LogP contribution in [0.15, 0.2) is 61.1 Å². The Hall–Kier alpha value is -3.54. The Morgan fingerprint density at radius 1 is 1.12 bits per heavy atom. The van der Waals surface area contributed by atoms with Crippen LogP contribution in [0.3, 0.4) is 0 Å². The van der Waals surface area contributed by atoms with Crippen molar-refractivity contribution in [3.63, 3.8) is 0 Å². The second kappa shape index (κ2) is 5.49. The number of nitrogens with zero attached hydrogens (tertiary/aromatic N) is 3. The maximum Gasteiger partial charge on any atom is 0.137 e. The van der Waals surface area contributed by atoms with Crippen LogP contribution in [0.1, 0.15) is 17.2 Å². The van der Waals surface area contributed by atoms with E-state index in [1.165, 1.54) is 0 Å². The van der Waals surface area contributed by atoms with Gasteiger partial charge >= 0.3 is 0 Å². The second-order valence-corrected chi connectivity index (χ2v) is 6.22. The van der Waals surface area contributed by atoms with Gasteiger partial charge in [-0.05, 0) is 24.3 Å². The van der Waals surface area contributed by atoms with E-state index in [0.717, 1.165) is 33.6 Å². The highest BCUT2D eigenvalue weighted by molar-refractivity contribution is 5.90. The summed E-state index contributed by atoms with van der Waals surface area (Å²) in [5.74, 6) is 0.796. The van der Waals surface area contributed by atoms with Crippen molar-refractivity contribution in [3.8, 4) is 22.8 Å². The Morgan fingerprint density at radius 3 is 2.85 bits per heavy atom.